The number of nitrogens with zero attached hydrogens (tertiary/aromatic N) is 3. The van der Waals surface area contributed by atoms with Gasteiger partial charge in [-0.1, -0.05) is 13.3 Å². The first kappa shape index (κ1) is 12.5. The van der Waals surface area contributed by atoms with Crippen LogP contribution in [-0.4, -0.2) is 38.6 Å². The predicted octanol–water partition coefficient (Wildman–Crippen LogP) is 0.809. The van der Waals surface area contributed by atoms with Crippen LogP contribution in [-0.2, 0) is 6.54 Å². The lowest BCUT2D eigenvalue weighted by atomic mass is 9.85. The van der Waals surface area contributed by atoms with Gasteiger partial charge in [0.25, 0.3) is 0 Å². The molecule has 2 unspecified atom stereocenters. The minimum absolute atomic E-state index is 0.0602. The Balaban J connectivity index is 1.94. The molecule has 0 radical (unpaired) electrons. The van der Waals surface area contributed by atoms with Crippen molar-refractivity contribution in [1.82, 2.24) is 20.1 Å². The van der Waals surface area contributed by atoms with E-state index < -0.39 is 0 Å². The van der Waals surface area contributed by atoms with Gasteiger partial charge < -0.3 is 10.4 Å². The van der Waals surface area contributed by atoms with E-state index >= 15 is 0 Å². The van der Waals surface area contributed by atoms with Gasteiger partial charge in [-0.15, -0.1) is 0 Å². The van der Waals surface area contributed by atoms with E-state index in [1.807, 2.05) is 4.68 Å². The van der Waals surface area contributed by atoms with Crippen LogP contribution in [0, 0.1) is 5.92 Å². The first-order valence-corrected chi connectivity index (χ1v) is 6.49. The molecule has 17 heavy (non-hydrogen) atoms. The molecule has 0 aromatic carbocycles. The van der Waals surface area contributed by atoms with Crippen LogP contribution in [0.3, 0.4) is 0 Å². The average molecular weight is 238 g/mol. The van der Waals surface area contributed by atoms with Gasteiger partial charge >= 0.3 is 0 Å². The van der Waals surface area contributed by atoms with Gasteiger partial charge in [0.1, 0.15) is 12.7 Å². The van der Waals surface area contributed by atoms with Crippen molar-refractivity contribution in [3.05, 3.63) is 12.7 Å². The molecule has 1 aliphatic rings. The summed E-state index contributed by atoms with van der Waals surface area (Å²) in [7, 11) is 0. The molecule has 2 atom stereocenters. The zero-order valence-corrected chi connectivity index (χ0v) is 10.5. The highest BCUT2D eigenvalue weighted by Gasteiger charge is 2.41. The molecule has 0 amide bonds. The number of likely N-dealkylation sites (N-methyl/N-ethyl adjacent to an activating group) is 1. The summed E-state index contributed by atoms with van der Waals surface area (Å²) in [4.78, 5) is 3.95. The van der Waals surface area contributed by atoms with E-state index in [4.69, 9.17) is 0 Å². The molecule has 1 heterocycles. The van der Waals surface area contributed by atoms with Gasteiger partial charge in [-0.2, -0.15) is 5.10 Å². The third-order valence-corrected chi connectivity index (χ3v) is 3.94. The maximum absolute atomic E-state index is 9.68. The van der Waals surface area contributed by atoms with E-state index in [1.165, 1.54) is 12.8 Å². The Morgan fingerprint density at radius 1 is 1.59 bits per heavy atom. The first-order valence-electron chi connectivity index (χ1n) is 6.49. The Morgan fingerprint density at radius 2 is 2.47 bits per heavy atom. The largest absolute Gasteiger partial charge is 0.394 e. The fraction of sp³-hybridized carbons (Fsp3) is 0.833. The number of nitrogens with one attached hydrogen (secondary N) is 1. The Morgan fingerprint density at radius 3 is 3.12 bits per heavy atom. The van der Waals surface area contributed by atoms with E-state index in [2.05, 4.69) is 22.3 Å². The third kappa shape index (κ3) is 2.66. The van der Waals surface area contributed by atoms with Gasteiger partial charge in [-0.25, -0.2) is 4.98 Å². The molecular weight excluding hydrogens is 216 g/mol. The Hall–Kier alpha value is -0.940. The lowest BCUT2D eigenvalue weighted by molar-refractivity contribution is 0.118. The maximum atomic E-state index is 9.68. The molecule has 0 aliphatic heterocycles. The highest BCUT2D eigenvalue weighted by molar-refractivity contribution is 4.98. The predicted molar refractivity (Wildman–Crippen MR) is 65.5 cm³/mol. The van der Waals surface area contributed by atoms with Crippen molar-refractivity contribution in [3.8, 4) is 0 Å². The summed E-state index contributed by atoms with van der Waals surface area (Å²) in [6, 6.07) is 0. The highest BCUT2D eigenvalue weighted by Crippen LogP contribution is 2.37. The molecule has 0 spiro atoms. The van der Waals surface area contributed by atoms with E-state index in [0.29, 0.717) is 5.92 Å². The summed E-state index contributed by atoms with van der Waals surface area (Å²) in [5.41, 5.74) is -0.0602. The van der Waals surface area contributed by atoms with Crippen molar-refractivity contribution in [2.24, 2.45) is 5.92 Å². The second-order valence-corrected chi connectivity index (χ2v) is 4.88. The summed E-state index contributed by atoms with van der Waals surface area (Å²) in [6.07, 6.45) is 7.86. The van der Waals surface area contributed by atoms with Crippen molar-refractivity contribution in [3.63, 3.8) is 0 Å². The number of aromatic nitrogens is 3. The number of hydrogen-bond acceptors (Lipinski definition) is 4. The van der Waals surface area contributed by atoms with Crippen LogP contribution < -0.4 is 5.32 Å². The van der Waals surface area contributed by atoms with Crippen LogP contribution in [0.4, 0.5) is 0 Å². The number of rotatable bonds is 6. The molecule has 2 N–H and O–H groups in total. The first-order chi connectivity index (χ1) is 8.30. The van der Waals surface area contributed by atoms with Crippen molar-refractivity contribution in [2.45, 2.75) is 44.7 Å². The zero-order valence-electron chi connectivity index (χ0n) is 10.5. The zero-order chi connectivity index (χ0) is 12.1. The normalized spacial score (nSPS) is 28.7. The molecule has 96 valence electrons. The summed E-state index contributed by atoms with van der Waals surface area (Å²) < 4.78 is 1.87. The van der Waals surface area contributed by atoms with Crippen molar-refractivity contribution >= 4 is 0 Å². The Bertz CT molecular complexity index is 327. The SMILES string of the molecule is CCNC1(CO)CCCC1CCn1cncn1. The van der Waals surface area contributed by atoms with Crippen molar-refractivity contribution in [1.29, 1.82) is 0 Å². The summed E-state index contributed by atoms with van der Waals surface area (Å²) in [6.45, 7) is 4.14. The fourth-order valence-electron chi connectivity index (χ4n) is 3.05. The molecule has 0 saturated heterocycles. The number of aryl methyl sites for hydroxylation is 1. The lowest BCUT2D eigenvalue weighted by Crippen LogP contribution is -2.51. The van der Waals surface area contributed by atoms with Crippen LogP contribution in [0.15, 0.2) is 12.7 Å². The summed E-state index contributed by atoms with van der Waals surface area (Å²) >= 11 is 0. The molecule has 0 bridgehead atoms. The van der Waals surface area contributed by atoms with Gasteiger partial charge in [0.2, 0.25) is 0 Å². The van der Waals surface area contributed by atoms with Gasteiger partial charge in [0.15, 0.2) is 0 Å². The van der Waals surface area contributed by atoms with Crippen LogP contribution in [0.1, 0.15) is 32.6 Å². The van der Waals surface area contributed by atoms with Crippen LogP contribution in [0.2, 0.25) is 0 Å². The highest BCUT2D eigenvalue weighted by atomic mass is 16.3. The maximum Gasteiger partial charge on any atom is 0.137 e. The molecular formula is C12H22N4O. The molecule has 5 heteroatoms. The molecule has 2 rings (SSSR count). The molecule has 1 aromatic heterocycles. The van der Waals surface area contributed by atoms with Gasteiger partial charge in [0, 0.05) is 12.1 Å². The summed E-state index contributed by atoms with van der Waals surface area (Å²) in [5.74, 6) is 0.539. The Kier molecular flexibility index (Phi) is 4.12. The molecule has 1 saturated carbocycles. The van der Waals surface area contributed by atoms with Crippen LogP contribution >= 0.6 is 0 Å². The van der Waals surface area contributed by atoms with Crippen molar-refractivity contribution in [2.75, 3.05) is 13.2 Å². The molecule has 1 aliphatic carbocycles. The lowest BCUT2D eigenvalue weighted by Gasteiger charge is -2.34. The smallest absolute Gasteiger partial charge is 0.137 e. The van der Waals surface area contributed by atoms with Crippen LogP contribution in [0.5, 0.6) is 0 Å². The average Bonchev–Trinajstić information content (AvgIpc) is 2.96. The minimum Gasteiger partial charge on any atom is -0.394 e. The molecule has 1 fully saturated rings. The quantitative estimate of drug-likeness (QED) is 0.770. The van der Waals surface area contributed by atoms with E-state index in [9.17, 15) is 5.11 Å². The van der Waals surface area contributed by atoms with Crippen molar-refractivity contribution < 1.29 is 5.11 Å². The minimum atomic E-state index is -0.0602. The van der Waals surface area contributed by atoms with Gasteiger partial charge in [-0.05, 0) is 31.7 Å². The van der Waals surface area contributed by atoms with Gasteiger partial charge in [0.05, 0.1) is 6.61 Å². The topological polar surface area (TPSA) is 63.0 Å². The van der Waals surface area contributed by atoms with Crippen LogP contribution in [0.25, 0.3) is 0 Å². The van der Waals surface area contributed by atoms with Gasteiger partial charge in [-0.3, -0.25) is 4.68 Å². The second-order valence-electron chi connectivity index (χ2n) is 4.88. The molecule has 5 nitrogen and oxygen atoms in total. The number of hydrogen-bond donors (Lipinski definition) is 2. The second kappa shape index (κ2) is 5.60. The van der Waals surface area contributed by atoms with E-state index in [1.54, 1.807) is 12.7 Å². The third-order valence-electron chi connectivity index (χ3n) is 3.94. The Labute approximate surface area is 102 Å². The van der Waals surface area contributed by atoms with E-state index in [-0.39, 0.29) is 12.1 Å². The number of aliphatic hydroxyl groups is 1. The molecule has 1 aromatic rings. The monoisotopic (exact) mass is 238 g/mol. The fourth-order valence-corrected chi connectivity index (χ4v) is 3.05. The standard InChI is InChI=1S/C12H22N4O/c1-2-14-12(8-17)6-3-4-11(12)5-7-16-10-13-9-15-16/h9-11,14,17H,2-8H2,1H3. The number of aliphatic hydroxyl groups excluding tert-OH is 1. The summed E-state index contributed by atoms with van der Waals surface area (Å²) in [5, 5.41) is 17.3. The van der Waals surface area contributed by atoms with E-state index in [0.717, 1.165) is 25.9 Å².